The number of anilines is 2. The van der Waals surface area contributed by atoms with Crippen molar-refractivity contribution in [1.82, 2.24) is 9.97 Å². The molecule has 1 saturated heterocycles. The van der Waals surface area contributed by atoms with E-state index in [-0.39, 0.29) is 5.82 Å². The van der Waals surface area contributed by atoms with Crippen molar-refractivity contribution in [3.63, 3.8) is 0 Å². The SMILES string of the molecule is N#Cc1ccc(N2CCN(c3nccc4ccc(F)cc34)CC2)nc1. The van der Waals surface area contributed by atoms with Crippen LogP contribution in [0.15, 0.2) is 48.8 Å². The molecule has 3 aromatic rings. The Morgan fingerprint density at radius 3 is 2.48 bits per heavy atom. The molecular formula is C19H16FN5. The zero-order chi connectivity index (χ0) is 17.2. The van der Waals surface area contributed by atoms with Gasteiger partial charge in [-0.15, -0.1) is 0 Å². The zero-order valence-electron chi connectivity index (χ0n) is 13.6. The number of nitriles is 1. The lowest BCUT2D eigenvalue weighted by molar-refractivity contribution is 0.628. The first-order valence-corrected chi connectivity index (χ1v) is 8.15. The minimum atomic E-state index is -0.248. The number of piperazine rings is 1. The van der Waals surface area contributed by atoms with Gasteiger partial charge in [0.25, 0.3) is 0 Å². The summed E-state index contributed by atoms with van der Waals surface area (Å²) in [6.45, 7) is 3.16. The van der Waals surface area contributed by atoms with E-state index >= 15 is 0 Å². The van der Waals surface area contributed by atoms with Crippen LogP contribution in [0.2, 0.25) is 0 Å². The van der Waals surface area contributed by atoms with Crippen LogP contribution in [-0.2, 0) is 0 Å². The summed E-state index contributed by atoms with van der Waals surface area (Å²) in [5.41, 5.74) is 0.560. The molecule has 2 aromatic heterocycles. The van der Waals surface area contributed by atoms with Crippen LogP contribution in [0.1, 0.15) is 5.56 Å². The van der Waals surface area contributed by atoms with Gasteiger partial charge in [0.05, 0.1) is 5.56 Å². The van der Waals surface area contributed by atoms with Gasteiger partial charge in [0.2, 0.25) is 0 Å². The lowest BCUT2D eigenvalue weighted by Crippen LogP contribution is -2.47. The normalized spacial score (nSPS) is 14.6. The molecule has 0 unspecified atom stereocenters. The van der Waals surface area contributed by atoms with E-state index in [0.717, 1.165) is 48.6 Å². The Kier molecular flexibility index (Phi) is 3.90. The van der Waals surface area contributed by atoms with Gasteiger partial charge in [-0.25, -0.2) is 14.4 Å². The average Bonchev–Trinajstić information content (AvgIpc) is 2.68. The molecule has 0 spiro atoms. The number of hydrogen-bond donors (Lipinski definition) is 0. The van der Waals surface area contributed by atoms with Gasteiger partial charge in [0.15, 0.2) is 0 Å². The molecule has 0 atom stereocenters. The van der Waals surface area contributed by atoms with E-state index in [1.54, 1.807) is 30.6 Å². The molecule has 3 heterocycles. The van der Waals surface area contributed by atoms with Gasteiger partial charge >= 0.3 is 0 Å². The fourth-order valence-electron chi connectivity index (χ4n) is 3.16. The van der Waals surface area contributed by atoms with Crippen LogP contribution < -0.4 is 9.80 Å². The van der Waals surface area contributed by atoms with E-state index < -0.39 is 0 Å². The summed E-state index contributed by atoms with van der Waals surface area (Å²) < 4.78 is 13.6. The van der Waals surface area contributed by atoms with Gasteiger partial charge in [-0.1, -0.05) is 6.07 Å². The molecule has 5 nitrogen and oxygen atoms in total. The predicted octanol–water partition coefficient (Wildman–Crippen LogP) is 2.97. The van der Waals surface area contributed by atoms with Gasteiger partial charge in [0.1, 0.15) is 23.5 Å². The van der Waals surface area contributed by atoms with Gasteiger partial charge in [-0.2, -0.15) is 5.26 Å². The summed E-state index contributed by atoms with van der Waals surface area (Å²) in [6, 6.07) is 12.4. The monoisotopic (exact) mass is 333 g/mol. The third-order valence-electron chi connectivity index (χ3n) is 4.49. The largest absolute Gasteiger partial charge is 0.353 e. The van der Waals surface area contributed by atoms with Gasteiger partial charge in [-0.3, -0.25) is 0 Å². The van der Waals surface area contributed by atoms with E-state index in [1.165, 1.54) is 6.07 Å². The summed E-state index contributed by atoms with van der Waals surface area (Å²) in [5.74, 6) is 1.45. The van der Waals surface area contributed by atoms with Crippen molar-refractivity contribution in [3.8, 4) is 6.07 Å². The van der Waals surface area contributed by atoms with Crippen LogP contribution in [0.5, 0.6) is 0 Å². The Hall–Kier alpha value is -3.20. The number of pyridine rings is 2. The van der Waals surface area contributed by atoms with Crippen molar-refractivity contribution in [2.75, 3.05) is 36.0 Å². The first kappa shape index (κ1) is 15.3. The van der Waals surface area contributed by atoms with Crippen LogP contribution in [0.25, 0.3) is 10.8 Å². The number of rotatable bonds is 2. The minimum Gasteiger partial charge on any atom is -0.353 e. The molecule has 1 aliphatic heterocycles. The van der Waals surface area contributed by atoms with Crippen molar-refractivity contribution < 1.29 is 4.39 Å². The van der Waals surface area contributed by atoms with E-state index in [4.69, 9.17) is 5.26 Å². The highest BCUT2D eigenvalue weighted by Gasteiger charge is 2.20. The fourth-order valence-corrected chi connectivity index (χ4v) is 3.16. The molecule has 1 aliphatic rings. The predicted molar refractivity (Wildman–Crippen MR) is 95.1 cm³/mol. The Balaban J connectivity index is 1.54. The molecule has 4 rings (SSSR count). The number of aromatic nitrogens is 2. The molecule has 6 heteroatoms. The van der Waals surface area contributed by atoms with Gasteiger partial charge in [-0.05, 0) is 35.7 Å². The molecule has 1 aromatic carbocycles. The van der Waals surface area contributed by atoms with Gasteiger partial charge < -0.3 is 9.80 Å². The van der Waals surface area contributed by atoms with Crippen LogP contribution in [0.3, 0.4) is 0 Å². The Bertz CT molecular complexity index is 940. The van der Waals surface area contributed by atoms with Crippen LogP contribution in [0, 0.1) is 17.1 Å². The number of hydrogen-bond acceptors (Lipinski definition) is 5. The Morgan fingerprint density at radius 2 is 1.76 bits per heavy atom. The molecule has 0 amide bonds. The van der Waals surface area contributed by atoms with Crippen LogP contribution in [0.4, 0.5) is 16.0 Å². The second kappa shape index (κ2) is 6.36. The third-order valence-corrected chi connectivity index (χ3v) is 4.49. The molecule has 0 bridgehead atoms. The highest BCUT2D eigenvalue weighted by atomic mass is 19.1. The molecule has 0 aliphatic carbocycles. The Labute approximate surface area is 145 Å². The highest BCUT2D eigenvalue weighted by molar-refractivity contribution is 5.92. The summed E-state index contributed by atoms with van der Waals surface area (Å²) in [4.78, 5) is 13.2. The highest BCUT2D eigenvalue weighted by Crippen LogP contribution is 2.26. The minimum absolute atomic E-state index is 0.248. The lowest BCUT2D eigenvalue weighted by atomic mass is 10.1. The molecule has 0 saturated carbocycles. The topological polar surface area (TPSA) is 56.1 Å². The number of halogens is 1. The summed E-state index contributed by atoms with van der Waals surface area (Å²) >= 11 is 0. The van der Waals surface area contributed by atoms with E-state index in [1.807, 2.05) is 12.1 Å². The van der Waals surface area contributed by atoms with Crippen molar-refractivity contribution in [1.29, 1.82) is 5.26 Å². The van der Waals surface area contributed by atoms with E-state index in [0.29, 0.717) is 5.56 Å². The molecule has 0 radical (unpaired) electrons. The van der Waals surface area contributed by atoms with E-state index in [9.17, 15) is 4.39 Å². The molecule has 0 N–H and O–H groups in total. The van der Waals surface area contributed by atoms with E-state index in [2.05, 4.69) is 25.8 Å². The third kappa shape index (κ3) is 2.96. The molecule has 25 heavy (non-hydrogen) atoms. The smallest absolute Gasteiger partial charge is 0.136 e. The maximum absolute atomic E-state index is 13.6. The first-order chi connectivity index (χ1) is 12.2. The second-order valence-electron chi connectivity index (χ2n) is 5.99. The molecular weight excluding hydrogens is 317 g/mol. The average molecular weight is 333 g/mol. The zero-order valence-corrected chi connectivity index (χ0v) is 13.6. The number of fused-ring (bicyclic) bond motifs is 1. The van der Waals surface area contributed by atoms with Crippen molar-refractivity contribution in [3.05, 3.63) is 60.2 Å². The van der Waals surface area contributed by atoms with Crippen molar-refractivity contribution in [2.24, 2.45) is 0 Å². The maximum Gasteiger partial charge on any atom is 0.136 e. The maximum atomic E-state index is 13.6. The number of nitrogens with zero attached hydrogens (tertiary/aromatic N) is 5. The van der Waals surface area contributed by atoms with Crippen LogP contribution >= 0.6 is 0 Å². The quantitative estimate of drug-likeness (QED) is 0.722. The molecule has 1 fully saturated rings. The summed E-state index contributed by atoms with van der Waals surface area (Å²) in [5, 5.41) is 10.7. The second-order valence-corrected chi connectivity index (χ2v) is 5.99. The van der Waals surface area contributed by atoms with Gasteiger partial charge in [0, 0.05) is 44.0 Å². The fraction of sp³-hybridized carbons (Fsp3) is 0.211. The summed E-state index contributed by atoms with van der Waals surface area (Å²) in [6.07, 6.45) is 3.36. The first-order valence-electron chi connectivity index (χ1n) is 8.15. The standard InChI is InChI=1S/C19H16FN5/c20-16-3-2-15-5-6-22-19(17(15)11-16)25-9-7-24(8-10-25)18-4-1-14(12-21)13-23-18/h1-6,11,13H,7-10H2. The molecule has 124 valence electrons. The van der Waals surface area contributed by atoms with Crippen molar-refractivity contribution in [2.45, 2.75) is 0 Å². The van der Waals surface area contributed by atoms with Crippen molar-refractivity contribution >= 4 is 22.4 Å². The summed E-state index contributed by atoms with van der Waals surface area (Å²) in [7, 11) is 0. The van der Waals surface area contributed by atoms with Crippen LogP contribution in [-0.4, -0.2) is 36.1 Å². The number of benzene rings is 1. The Morgan fingerprint density at radius 1 is 0.960 bits per heavy atom. The lowest BCUT2D eigenvalue weighted by Gasteiger charge is -2.36.